The lowest BCUT2D eigenvalue weighted by molar-refractivity contribution is -0.117. The van der Waals surface area contributed by atoms with Gasteiger partial charge in [0.1, 0.15) is 16.5 Å². The van der Waals surface area contributed by atoms with Crippen LogP contribution in [0.3, 0.4) is 0 Å². The van der Waals surface area contributed by atoms with Gasteiger partial charge in [0.15, 0.2) is 0 Å². The molecule has 3 nitrogen and oxygen atoms in total. The van der Waals surface area contributed by atoms with Crippen molar-refractivity contribution in [3.05, 3.63) is 45.9 Å². The van der Waals surface area contributed by atoms with Gasteiger partial charge < -0.3 is 5.11 Å². The third kappa shape index (κ3) is 3.14. The highest BCUT2D eigenvalue weighted by Gasteiger charge is 2.10. The molecule has 1 heterocycles. The van der Waals surface area contributed by atoms with Crippen LogP contribution in [0.25, 0.3) is 0 Å². The van der Waals surface area contributed by atoms with Crippen molar-refractivity contribution >= 4 is 17.1 Å². The first-order valence-corrected chi connectivity index (χ1v) is 6.22. The van der Waals surface area contributed by atoms with Crippen molar-refractivity contribution in [3.63, 3.8) is 0 Å². The second-order valence-electron chi connectivity index (χ2n) is 3.90. The standard InChI is InChI=1S/C13H13NO2S/c1-9-8-17-13(14-9)7-11(15)6-10-4-2-3-5-12(10)16/h2-5,8,16H,6-7H2,1H3. The molecule has 0 saturated carbocycles. The largest absolute Gasteiger partial charge is 0.508 e. The maximum absolute atomic E-state index is 11.8. The molecule has 2 rings (SSSR count). The van der Waals surface area contributed by atoms with E-state index in [-0.39, 0.29) is 18.0 Å². The molecule has 0 fully saturated rings. The number of benzene rings is 1. The van der Waals surface area contributed by atoms with E-state index in [1.165, 1.54) is 11.3 Å². The lowest BCUT2D eigenvalue weighted by Crippen LogP contribution is -2.06. The molecule has 0 unspecified atom stereocenters. The van der Waals surface area contributed by atoms with Crippen LogP contribution in [0.2, 0.25) is 0 Å². The molecule has 0 saturated heterocycles. The predicted octanol–water partition coefficient (Wildman–Crippen LogP) is 2.51. The van der Waals surface area contributed by atoms with E-state index < -0.39 is 0 Å². The minimum Gasteiger partial charge on any atom is -0.508 e. The third-order valence-electron chi connectivity index (χ3n) is 2.39. The molecule has 0 aliphatic heterocycles. The topological polar surface area (TPSA) is 50.2 Å². The van der Waals surface area contributed by atoms with Gasteiger partial charge in [-0.3, -0.25) is 4.79 Å². The van der Waals surface area contributed by atoms with Gasteiger partial charge in [-0.15, -0.1) is 11.3 Å². The number of rotatable bonds is 4. The van der Waals surface area contributed by atoms with Gasteiger partial charge in [0.25, 0.3) is 0 Å². The molecule has 0 aliphatic rings. The van der Waals surface area contributed by atoms with Crippen molar-refractivity contribution in [2.75, 3.05) is 0 Å². The number of thiazole rings is 1. The molecule has 17 heavy (non-hydrogen) atoms. The minimum atomic E-state index is 0.0702. The number of aromatic hydroxyl groups is 1. The predicted molar refractivity (Wildman–Crippen MR) is 67.4 cm³/mol. The lowest BCUT2D eigenvalue weighted by atomic mass is 10.1. The monoisotopic (exact) mass is 247 g/mol. The number of carbonyl (C=O) groups is 1. The van der Waals surface area contributed by atoms with Crippen LogP contribution < -0.4 is 0 Å². The van der Waals surface area contributed by atoms with Gasteiger partial charge in [0.05, 0.1) is 6.42 Å². The summed E-state index contributed by atoms with van der Waals surface area (Å²) in [5, 5.41) is 12.3. The van der Waals surface area contributed by atoms with Crippen LogP contribution in [0.4, 0.5) is 0 Å². The summed E-state index contributed by atoms with van der Waals surface area (Å²) in [6.07, 6.45) is 0.595. The second-order valence-corrected chi connectivity index (χ2v) is 4.85. The van der Waals surface area contributed by atoms with E-state index in [2.05, 4.69) is 4.98 Å². The summed E-state index contributed by atoms with van der Waals surface area (Å²) in [5.41, 5.74) is 1.62. The maximum atomic E-state index is 11.8. The van der Waals surface area contributed by atoms with Crippen molar-refractivity contribution in [2.45, 2.75) is 19.8 Å². The van der Waals surface area contributed by atoms with Crippen molar-refractivity contribution in [2.24, 2.45) is 0 Å². The van der Waals surface area contributed by atoms with Crippen LogP contribution in [0.5, 0.6) is 5.75 Å². The second kappa shape index (κ2) is 5.10. The number of ketones is 1. The summed E-state index contributed by atoms with van der Waals surface area (Å²) in [7, 11) is 0. The zero-order chi connectivity index (χ0) is 12.3. The van der Waals surface area contributed by atoms with E-state index in [0.29, 0.717) is 12.0 Å². The molecule has 1 aromatic heterocycles. The van der Waals surface area contributed by atoms with Crippen LogP contribution in [0.15, 0.2) is 29.6 Å². The Morgan fingerprint density at radius 1 is 1.35 bits per heavy atom. The Morgan fingerprint density at radius 3 is 2.76 bits per heavy atom. The molecule has 1 N–H and O–H groups in total. The average molecular weight is 247 g/mol. The summed E-state index contributed by atoms with van der Waals surface area (Å²) in [4.78, 5) is 16.0. The van der Waals surface area contributed by atoms with E-state index >= 15 is 0 Å². The summed E-state index contributed by atoms with van der Waals surface area (Å²) in [6, 6.07) is 6.92. The molecule has 0 amide bonds. The Bertz CT molecular complexity index is 534. The molecular weight excluding hydrogens is 234 g/mol. The highest BCUT2D eigenvalue weighted by molar-refractivity contribution is 7.09. The quantitative estimate of drug-likeness (QED) is 0.903. The highest BCUT2D eigenvalue weighted by atomic mass is 32.1. The van der Waals surface area contributed by atoms with Gasteiger partial charge in [-0.1, -0.05) is 18.2 Å². The number of hydrogen-bond acceptors (Lipinski definition) is 4. The molecule has 2 aromatic rings. The molecular formula is C13H13NO2S. The Morgan fingerprint density at radius 2 is 2.12 bits per heavy atom. The molecule has 88 valence electrons. The number of carbonyl (C=O) groups excluding carboxylic acids is 1. The molecule has 0 aliphatic carbocycles. The Hall–Kier alpha value is -1.68. The first-order valence-electron chi connectivity index (χ1n) is 5.35. The number of para-hydroxylation sites is 1. The van der Waals surface area contributed by atoms with Crippen molar-refractivity contribution < 1.29 is 9.90 Å². The Labute approximate surface area is 104 Å². The zero-order valence-electron chi connectivity index (χ0n) is 9.51. The lowest BCUT2D eigenvalue weighted by Gasteiger charge is -2.02. The van der Waals surface area contributed by atoms with Gasteiger partial charge in [-0.2, -0.15) is 0 Å². The highest BCUT2D eigenvalue weighted by Crippen LogP contribution is 2.17. The molecule has 0 radical (unpaired) electrons. The van der Waals surface area contributed by atoms with Crippen LogP contribution in [0.1, 0.15) is 16.3 Å². The fourth-order valence-electron chi connectivity index (χ4n) is 1.59. The van der Waals surface area contributed by atoms with Gasteiger partial charge in [-0.05, 0) is 13.0 Å². The number of phenols is 1. The van der Waals surface area contributed by atoms with Crippen LogP contribution in [-0.2, 0) is 17.6 Å². The smallest absolute Gasteiger partial charge is 0.144 e. The van der Waals surface area contributed by atoms with Crippen LogP contribution in [-0.4, -0.2) is 15.9 Å². The fourth-order valence-corrected chi connectivity index (χ4v) is 2.39. The summed E-state index contributed by atoms with van der Waals surface area (Å²) < 4.78 is 0. The Kier molecular flexibility index (Phi) is 3.54. The molecule has 0 spiro atoms. The Balaban J connectivity index is 2.01. The number of aryl methyl sites for hydroxylation is 1. The normalized spacial score (nSPS) is 10.4. The number of Topliss-reactive ketones (excluding diaryl/α,β-unsaturated/α-hetero) is 1. The zero-order valence-corrected chi connectivity index (χ0v) is 10.3. The molecule has 0 bridgehead atoms. The van der Waals surface area contributed by atoms with Crippen LogP contribution in [0, 0.1) is 6.92 Å². The SMILES string of the molecule is Cc1csc(CC(=O)Cc2ccccc2O)n1. The van der Waals surface area contributed by atoms with E-state index in [0.717, 1.165) is 10.7 Å². The van der Waals surface area contributed by atoms with Gasteiger partial charge in [0, 0.05) is 23.1 Å². The van der Waals surface area contributed by atoms with E-state index in [1.54, 1.807) is 18.2 Å². The summed E-state index contributed by atoms with van der Waals surface area (Å²) in [5.74, 6) is 0.247. The number of phenolic OH excluding ortho intramolecular Hbond substituents is 1. The van der Waals surface area contributed by atoms with Gasteiger partial charge >= 0.3 is 0 Å². The van der Waals surface area contributed by atoms with Crippen molar-refractivity contribution in [3.8, 4) is 5.75 Å². The summed E-state index contributed by atoms with van der Waals surface area (Å²) in [6.45, 7) is 1.91. The van der Waals surface area contributed by atoms with Crippen molar-refractivity contribution in [1.29, 1.82) is 0 Å². The van der Waals surface area contributed by atoms with E-state index in [4.69, 9.17) is 0 Å². The number of nitrogens with zero attached hydrogens (tertiary/aromatic N) is 1. The van der Waals surface area contributed by atoms with E-state index in [1.807, 2.05) is 18.4 Å². The van der Waals surface area contributed by atoms with Gasteiger partial charge in [-0.25, -0.2) is 4.98 Å². The summed E-state index contributed by atoms with van der Waals surface area (Å²) >= 11 is 1.50. The first kappa shape index (κ1) is 11.8. The fraction of sp³-hybridized carbons (Fsp3) is 0.231. The number of aromatic nitrogens is 1. The number of hydrogen-bond donors (Lipinski definition) is 1. The average Bonchev–Trinajstić information content (AvgIpc) is 2.67. The first-order chi connectivity index (χ1) is 8.15. The van der Waals surface area contributed by atoms with E-state index in [9.17, 15) is 9.90 Å². The molecule has 1 aromatic carbocycles. The van der Waals surface area contributed by atoms with Crippen LogP contribution >= 0.6 is 11.3 Å². The molecule has 4 heteroatoms. The van der Waals surface area contributed by atoms with Crippen molar-refractivity contribution in [1.82, 2.24) is 4.98 Å². The molecule has 0 atom stereocenters. The maximum Gasteiger partial charge on any atom is 0.144 e. The van der Waals surface area contributed by atoms with Gasteiger partial charge in [0.2, 0.25) is 0 Å². The third-order valence-corrected chi connectivity index (χ3v) is 3.36. The minimum absolute atomic E-state index is 0.0702.